The van der Waals surface area contributed by atoms with Gasteiger partial charge in [-0.25, -0.2) is 4.98 Å². The molecular formula is C13H14Br2N2S. The Labute approximate surface area is 128 Å². The quantitative estimate of drug-likeness (QED) is 0.810. The molecule has 1 aromatic carbocycles. The van der Waals surface area contributed by atoms with Crippen molar-refractivity contribution in [3.05, 3.63) is 48.8 Å². The fourth-order valence-corrected chi connectivity index (χ4v) is 3.08. The van der Waals surface area contributed by atoms with Crippen molar-refractivity contribution in [2.75, 3.05) is 0 Å². The van der Waals surface area contributed by atoms with Crippen LogP contribution in [0.3, 0.4) is 0 Å². The van der Waals surface area contributed by atoms with Crippen molar-refractivity contribution in [1.82, 2.24) is 10.3 Å². The van der Waals surface area contributed by atoms with Gasteiger partial charge in [0.2, 0.25) is 0 Å². The average molecular weight is 390 g/mol. The second kappa shape index (κ2) is 6.28. The standard InChI is InChI=1S/C13H14Br2N2S/c1-8-7-18-13(17-8)9(2)16-6-10-3-4-11(14)12(15)5-10/h3-5,7,9,16H,6H2,1-2H3. The average Bonchev–Trinajstić information content (AvgIpc) is 2.77. The highest BCUT2D eigenvalue weighted by Crippen LogP contribution is 2.24. The maximum atomic E-state index is 4.49. The molecule has 96 valence electrons. The van der Waals surface area contributed by atoms with Crippen molar-refractivity contribution < 1.29 is 0 Å². The van der Waals surface area contributed by atoms with Crippen molar-refractivity contribution in [1.29, 1.82) is 0 Å². The van der Waals surface area contributed by atoms with Crippen LogP contribution < -0.4 is 5.32 Å². The summed E-state index contributed by atoms with van der Waals surface area (Å²) in [4.78, 5) is 4.49. The summed E-state index contributed by atoms with van der Waals surface area (Å²) in [5, 5.41) is 6.72. The highest BCUT2D eigenvalue weighted by atomic mass is 79.9. The van der Waals surface area contributed by atoms with E-state index in [1.165, 1.54) is 5.56 Å². The summed E-state index contributed by atoms with van der Waals surface area (Å²) in [5.74, 6) is 0. The molecule has 0 aliphatic carbocycles. The second-order valence-electron chi connectivity index (χ2n) is 4.18. The van der Waals surface area contributed by atoms with Gasteiger partial charge in [0.1, 0.15) is 5.01 Å². The van der Waals surface area contributed by atoms with E-state index in [0.717, 1.165) is 26.2 Å². The van der Waals surface area contributed by atoms with Gasteiger partial charge in [-0.15, -0.1) is 11.3 Å². The Morgan fingerprint density at radius 1 is 1.33 bits per heavy atom. The number of benzene rings is 1. The van der Waals surface area contributed by atoms with Crippen LogP contribution in [0.1, 0.15) is 29.2 Å². The summed E-state index contributed by atoms with van der Waals surface area (Å²) in [7, 11) is 0. The minimum absolute atomic E-state index is 0.283. The van der Waals surface area contributed by atoms with Gasteiger partial charge in [0.25, 0.3) is 0 Å². The fourth-order valence-electron chi connectivity index (χ4n) is 1.58. The normalized spacial score (nSPS) is 12.7. The van der Waals surface area contributed by atoms with Crippen molar-refractivity contribution in [3.8, 4) is 0 Å². The van der Waals surface area contributed by atoms with E-state index in [0.29, 0.717) is 0 Å². The number of nitrogens with zero attached hydrogens (tertiary/aromatic N) is 1. The first-order valence-electron chi connectivity index (χ1n) is 5.65. The zero-order valence-corrected chi connectivity index (χ0v) is 14.2. The molecule has 0 spiro atoms. The number of rotatable bonds is 4. The van der Waals surface area contributed by atoms with Gasteiger partial charge in [-0.1, -0.05) is 6.07 Å². The van der Waals surface area contributed by atoms with Crippen LogP contribution in [0.2, 0.25) is 0 Å². The maximum absolute atomic E-state index is 4.49. The van der Waals surface area contributed by atoms with Gasteiger partial charge in [0.05, 0.1) is 6.04 Å². The number of aromatic nitrogens is 1. The van der Waals surface area contributed by atoms with Crippen LogP contribution in [0.4, 0.5) is 0 Å². The molecule has 18 heavy (non-hydrogen) atoms. The summed E-state index contributed by atoms with van der Waals surface area (Å²) < 4.78 is 2.16. The van der Waals surface area contributed by atoms with E-state index in [4.69, 9.17) is 0 Å². The third kappa shape index (κ3) is 3.63. The first-order valence-corrected chi connectivity index (χ1v) is 8.12. The molecule has 0 aliphatic heterocycles. The molecule has 2 aromatic rings. The molecule has 0 bridgehead atoms. The molecule has 1 atom stereocenters. The highest BCUT2D eigenvalue weighted by Gasteiger charge is 2.08. The van der Waals surface area contributed by atoms with Gasteiger partial charge in [0.15, 0.2) is 0 Å². The minimum Gasteiger partial charge on any atom is -0.304 e. The third-order valence-electron chi connectivity index (χ3n) is 2.60. The van der Waals surface area contributed by atoms with Gasteiger partial charge in [-0.2, -0.15) is 0 Å². The number of nitrogens with one attached hydrogen (secondary N) is 1. The lowest BCUT2D eigenvalue weighted by Crippen LogP contribution is -2.17. The van der Waals surface area contributed by atoms with Gasteiger partial charge in [0, 0.05) is 26.6 Å². The lowest BCUT2D eigenvalue weighted by atomic mass is 10.2. The summed E-state index contributed by atoms with van der Waals surface area (Å²) in [6.07, 6.45) is 0. The number of thiazole rings is 1. The Kier molecular flexibility index (Phi) is 4.95. The number of hydrogen-bond acceptors (Lipinski definition) is 3. The van der Waals surface area contributed by atoms with E-state index < -0.39 is 0 Å². The molecule has 1 N–H and O–H groups in total. The van der Waals surface area contributed by atoms with Gasteiger partial charge >= 0.3 is 0 Å². The first kappa shape index (κ1) is 14.2. The van der Waals surface area contributed by atoms with Crippen LogP contribution in [0.5, 0.6) is 0 Å². The van der Waals surface area contributed by atoms with E-state index in [-0.39, 0.29) is 6.04 Å². The van der Waals surface area contributed by atoms with Crippen molar-refractivity contribution >= 4 is 43.2 Å². The number of aryl methyl sites for hydroxylation is 1. The van der Waals surface area contributed by atoms with Gasteiger partial charge in [-0.3, -0.25) is 0 Å². The maximum Gasteiger partial charge on any atom is 0.110 e. The minimum atomic E-state index is 0.283. The zero-order chi connectivity index (χ0) is 13.1. The lowest BCUT2D eigenvalue weighted by molar-refractivity contribution is 0.571. The number of halogens is 2. The van der Waals surface area contributed by atoms with Crippen LogP contribution in [-0.4, -0.2) is 4.98 Å². The SMILES string of the molecule is Cc1csc(C(C)NCc2ccc(Br)c(Br)c2)n1. The summed E-state index contributed by atoms with van der Waals surface area (Å²) >= 11 is 8.70. The smallest absolute Gasteiger partial charge is 0.110 e. The molecule has 1 unspecified atom stereocenters. The van der Waals surface area contributed by atoms with Crippen LogP contribution in [0.25, 0.3) is 0 Å². The molecule has 0 fully saturated rings. The molecule has 0 radical (unpaired) electrons. The zero-order valence-electron chi connectivity index (χ0n) is 10.2. The topological polar surface area (TPSA) is 24.9 Å². The van der Waals surface area contributed by atoms with E-state index >= 15 is 0 Å². The molecule has 0 saturated carbocycles. The van der Waals surface area contributed by atoms with Crippen molar-refractivity contribution in [3.63, 3.8) is 0 Å². The van der Waals surface area contributed by atoms with Gasteiger partial charge in [-0.05, 0) is 63.4 Å². The Morgan fingerprint density at radius 3 is 2.72 bits per heavy atom. The highest BCUT2D eigenvalue weighted by molar-refractivity contribution is 9.13. The van der Waals surface area contributed by atoms with Gasteiger partial charge < -0.3 is 5.32 Å². The molecule has 0 saturated heterocycles. The predicted octanol–water partition coefficient (Wildman–Crippen LogP) is 4.83. The van der Waals surface area contributed by atoms with Crippen LogP contribution >= 0.6 is 43.2 Å². The summed E-state index contributed by atoms with van der Waals surface area (Å²) in [6, 6.07) is 6.57. The van der Waals surface area contributed by atoms with Crippen LogP contribution in [-0.2, 0) is 6.54 Å². The summed E-state index contributed by atoms with van der Waals surface area (Å²) in [6.45, 7) is 5.01. The molecule has 2 nitrogen and oxygen atoms in total. The molecule has 1 aromatic heterocycles. The monoisotopic (exact) mass is 388 g/mol. The molecule has 2 rings (SSSR count). The fraction of sp³-hybridized carbons (Fsp3) is 0.308. The second-order valence-corrected chi connectivity index (χ2v) is 6.78. The predicted molar refractivity (Wildman–Crippen MR) is 83.9 cm³/mol. The Morgan fingerprint density at radius 2 is 2.11 bits per heavy atom. The van der Waals surface area contributed by atoms with E-state index in [9.17, 15) is 0 Å². The molecular weight excluding hydrogens is 376 g/mol. The molecule has 5 heteroatoms. The van der Waals surface area contributed by atoms with Crippen LogP contribution in [0.15, 0.2) is 32.5 Å². The number of hydrogen-bond donors (Lipinski definition) is 1. The van der Waals surface area contributed by atoms with E-state index in [2.05, 4.69) is 72.7 Å². The third-order valence-corrected chi connectivity index (χ3v) is 5.63. The lowest BCUT2D eigenvalue weighted by Gasteiger charge is -2.11. The van der Waals surface area contributed by atoms with E-state index in [1.54, 1.807) is 11.3 Å². The first-order chi connectivity index (χ1) is 8.56. The molecule has 0 amide bonds. The Bertz CT molecular complexity index is 540. The largest absolute Gasteiger partial charge is 0.304 e. The molecule has 0 aliphatic rings. The summed E-state index contributed by atoms with van der Waals surface area (Å²) in [5.41, 5.74) is 2.35. The Hall–Kier alpha value is -0.230. The Balaban J connectivity index is 1.97. The van der Waals surface area contributed by atoms with E-state index in [1.807, 2.05) is 6.92 Å². The van der Waals surface area contributed by atoms with Crippen LogP contribution in [0, 0.1) is 6.92 Å². The van der Waals surface area contributed by atoms with Crippen molar-refractivity contribution in [2.45, 2.75) is 26.4 Å². The van der Waals surface area contributed by atoms with Crippen molar-refractivity contribution in [2.24, 2.45) is 0 Å². The molecule has 1 heterocycles.